The number of likely N-dealkylation sites (N-methyl/N-ethyl adjacent to an activating group) is 1. The fraction of sp³-hybridized carbons (Fsp3) is 0.200. The van der Waals surface area contributed by atoms with Gasteiger partial charge in [-0.05, 0) is 47.4 Å². The predicted octanol–water partition coefficient (Wildman–Crippen LogP) is 4.15. The smallest absolute Gasteiger partial charge is 0.207 e. The van der Waals surface area contributed by atoms with E-state index in [1.807, 2.05) is 42.5 Å². The predicted molar refractivity (Wildman–Crippen MR) is 98.6 cm³/mol. The summed E-state index contributed by atoms with van der Waals surface area (Å²) in [4.78, 5) is -0.270. The standard InChI is InChI=1S/C20H20FNO2S/c1-15-10-11-19(21)20(14-15)25(23,24)22(2)13-12-17-8-5-7-16-6-3-4-9-18(16)17/h3-11,14H,12-13H2,1-2H3. The number of rotatable bonds is 5. The molecule has 25 heavy (non-hydrogen) atoms. The van der Waals surface area contributed by atoms with Crippen LogP contribution in [0.3, 0.4) is 0 Å². The molecule has 0 atom stereocenters. The molecule has 0 fully saturated rings. The van der Waals surface area contributed by atoms with Gasteiger partial charge in [0.1, 0.15) is 10.7 Å². The molecule has 0 aliphatic heterocycles. The summed E-state index contributed by atoms with van der Waals surface area (Å²) < 4.78 is 40.6. The summed E-state index contributed by atoms with van der Waals surface area (Å²) in [5.41, 5.74) is 1.78. The third kappa shape index (κ3) is 3.57. The van der Waals surface area contributed by atoms with Crippen LogP contribution in [0.1, 0.15) is 11.1 Å². The first-order valence-corrected chi connectivity index (χ1v) is 9.53. The van der Waals surface area contributed by atoms with Crippen molar-refractivity contribution in [1.29, 1.82) is 0 Å². The van der Waals surface area contributed by atoms with Crippen molar-refractivity contribution in [3.63, 3.8) is 0 Å². The van der Waals surface area contributed by atoms with Crippen LogP contribution in [-0.2, 0) is 16.4 Å². The minimum Gasteiger partial charge on any atom is -0.207 e. The highest BCUT2D eigenvalue weighted by Gasteiger charge is 2.24. The monoisotopic (exact) mass is 357 g/mol. The zero-order chi connectivity index (χ0) is 18.0. The zero-order valence-electron chi connectivity index (χ0n) is 14.2. The highest BCUT2D eigenvalue weighted by molar-refractivity contribution is 7.89. The van der Waals surface area contributed by atoms with E-state index in [9.17, 15) is 12.8 Å². The van der Waals surface area contributed by atoms with Crippen molar-refractivity contribution in [3.8, 4) is 0 Å². The lowest BCUT2D eigenvalue weighted by Crippen LogP contribution is -2.29. The highest BCUT2D eigenvalue weighted by atomic mass is 32.2. The van der Waals surface area contributed by atoms with Crippen molar-refractivity contribution in [3.05, 3.63) is 77.6 Å². The number of benzene rings is 3. The molecule has 0 radical (unpaired) electrons. The quantitative estimate of drug-likeness (QED) is 0.688. The van der Waals surface area contributed by atoms with E-state index in [2.05, 4.69) is 0 Å². The maximum atomic E-state index is 14.0. The Kier molecular flexibility index (Phi) is 4.88. The summed E-state index contributed by atoms with van der Waals surface area (Å²) in [7, 11) is -2.37. The fourth-order valence-corrected chi connectivity index (χ4v) is 4.20. The molecule has 0 aromatic heterocycles. The Morgan fingerprint density at radius 1 is 1.00 bits per heavy atom. The molecule has 0 spiro atoms. The van der Waals surface area contributed by atoms with Gasteiger partial charge in [-0.2, -0.15) is 0 Å². The zero-order valence-corrected chi connectivity index (χ0v) is 15.1. The first-order chi connectivity index (χ1) is 11.9. The molecular formula is C20H20FNO2S. The van der Waals surface area contributed by atoms with Gasteiger partial charge in [-0.1, -0.05) is 48.5 Å². The van der Waals surface area contributed by atoms with Crippen LogP contribution in [0, 0.1) is 12.7 Å². The van der Waals surface area contributed by atoms with E-state index < -0.39 is 15.8 Å². The highest BCUT2D eigenvalue weighted by Crippen LogP contribution is 2.22. The number of nitrogens with zero attached hydrogens (tertiary/aromatic N) is 1. The molecule has 3 nitrogen and oxygen atoms in total. The van der Waals surface area contributed by atoms with Crippen LogP contribution < -0.4 is 0 Å². The molecule has 0 saturated carbocycles. The third-order valence-corrected chi connectivity index (χ3v) is 6.22. The lowest BCUT2D eigenvalue weighted by atomic mass is 10.0. The van der Waals surface area contributed by atoms with Crippen LogP contribution >= 0.6 is 0 Å². The maximum Gasteiger partial charge on any atom is 0.245 e. The Hall–Kier alpha value is -2.24. The fourth-order valence-electron chi connectivity index (χ4n) is 2.88. The molecule has 3 rings (SSSR count). The largest absolute Gasteiger partial charge is 0.245 e. The van der Waals surface area contributed by atoms with Gasteiger partial charge in [0, 0.05) is 13.6 Å². The van der Waals surface area contributed by atoms with Gasteiger partial charge in [-0.25, -0.2) is 17.1 Å². The Balaban J connectivity index is 1.84. The number of aryl methyl sites for hydroxylation is 1. The van der Waals surface area contributed by atoms with Gasteiger partial charge in [0.05, 0.1) is 0 Å². The van der Waals surface area contributed by atoms with Crippen molar-refractivity contribution in [2.45, 2.75) is 18.2 Å². The van der Waals surface area contributed by atoms with E-state index in [1.165, 1.54) is 23.5 Å². The van der Waals surface area contributed by atoms with E-state index in [0.717, 1.165) is 16.3 Å². The van der Waals surface area contributed by atoms with E-state index >= 15 is 0 Å². The van der Waals surface area contributed by atoms with Gasteiger partial charge < -0.3 is 0 Å². The van der Waals surface area contributed by atoms with E-state index in [-0.39, 0.29) is 11.4 Å². The molecule has 3 aromatic rings. The van der Waals surface area contributed by atoms with E-state index in [4.69, 9.17) is 0 Å². The van der Waals surface area contributed by atoms with Crippen LogP contribution in [0.2, 0.25) is 0 Å². The molecule has 0 unspecified atom stereocenters. The minimum atomic E-state index is -3.86. The topological polar surface area (TPSA) is 37.4 Å². The Labute approximate surface area is 147 Å². The number of fused-ring (bicyclic) bond motifs is 1. The molecule has 0 amide bonds. The number of sulfonamides is 1. The van der Waals surface area contributed by atoms with Crippen molar-refractivity contribution in [2.24, 2.45) is 0 Å². The summed E-state index contributed by atoms with van der Waals surface area (Å²) in [6, 6.07) is 18.1. The van der Waals surface area contributed by atoms with Crippen molar-refractivity contribution >= 4 is 20.8 Å². The average molecular weight is 357 g/mol. The number of hydrogen-bond acceptors (Lipinski definition) is 2. The third-order valence-electron chi connectivity index (χ3n) is 4.35. The Bertz CT molecular complexity index is 1010. The second-order valence-corrected chi connectivity index (χ2v) is 8.16. The molecule has 0 saturated heterocycles. The average Bonchev–Trinajstić information content (AvgIpc) is 2.61. The van der Waals surface area contributed by atoms with E-state index in [1.54, 1.807) is 13.0 Å². The lowest BCUT2D eigenvalue weighted by molar-refractivity contribution is 0.465. The van der Waals surface area contributed by atoms with Crippen LogP contribution in [0.4, 0.5) is 4.39 Å². The van der Waals surface area contributed by atoms with Crippen LogP contribution in [-0.4, -0.2) is 26.3 Å². The van der Waals surface area contributed by atoms with Gasteiger partial charge in [0.15, 0.2) is 0 Å². The van der Waals surface area contributed by atoms with Gasteiger partial charge in [-0.15, -0.1) is 0 Å². The summed E-state index contributed by atoms with van der Waals surface area (Å²) in [5, 5.41) is 2.23. The van der Waals surface area contributed by atoms with Crippen molar-refractivity contribution < 1.29 is 12.8 Å². The van der Waals surface area contributed by atoms with Crippen molar-refractivity contribution in [2.75, 3.05) is 13.6 Å². The molecule has 0 heterocycles. The minimum absolute atomic E-state index is 0.270. The first kappa shape index (κ1) is 17.6. The number of halogens is 1. The van der Waals surface area contributed by atoms with Crippen LogP contribution in [0.5, 0.6) is 0 Å². The molecule has 0 bridgehead atoms. The second-order valence-electron chi connectivity index (χ2n) is 6.15. The van der Waals surface area contributed by atoms with Crippen molar-refractivity contribution in [1.82, 2.24) is 4.31 Å². The molecule has 5 heteroatoms. The van der Waals surface area contributed by atoms with Gasteiger partial charge in [0.25, 0.3) is 0 Å². The molecule has 0 aliphatic rings. The number of hydrogen-bond donors (Lipinski definition) is 0. The molecular weight excluding hydrogens is 337 g/mol. The van der Waals surface area contributed by atoms with Gasteiger partial charge in [0.2, 0.25) is 10.0 Å². The van der Waals surface area contributed by atoms with Gasteiger partial charge in [-0.3, -0.25) is 0 Å². The maximum absolute atomic E-state index is 14.0. The Morgan fingerprint density at radius 3 is 2.52 bits per heavy atom. The summed E-state index contributed by atoms with van der Waals surface area (Å²) >= 11 is 0. The van der Waals surface area contributed by atoms with Crippen LogP contribution in [0.25, 0.3) is 10.8 Å². The SMILES string of the molecule is Cc1ccc(F)c(S(=O)(=O)N(C)CCc2cccc3ccccc23)c1. The van der Waals surface area contributed by atoms with E-state index in [0.29, 0.717) is 12.0 Å². The molecule has 3 aromatic carbocycles. The first-order valence-electron chi connectivity index (χ1n) is 8.09. The summed E-state index contributed by atoms with van der Waals surface area (Å²) in [6.45, 7) is 2.03. The van der Waals surface area contributed by atoms with Crippen LogP contribution in [0.15, 0.2) is 65.6 Å². The van der Waals surface area contributed by atoms with Gasteiger partial charge >= 0.3 is 0 Å². The molecule has 0 N–H and O–H groups in total. The molecule has 0 aliphatic carbocycles. The Morgan fingerprint density at radius 2 is 1.72 bits per heavy atom. The summed E-state index contributed by atoms with van der Waals surface area (Å²) in [5.74, 6) is -0.720. The second kappa shape index (κ2) is 6.94. The normalized spacial score (nSPS) is 12.0. The summed E-state index contributed by atoms with van der Waals surface area (Å²) in [6.07, 6.45) is 0.560. The molecule has 130 valence electrons. The lowest BCUT2D eigenvalue weighted by Gasteiger charge is -2.18.